The lowest BCUT2D eigenvalue weighted by atomic mass is 10.2. The lowest BCUT2D eigenvalue weighted by Gasteiger charge is -2.08. The van der Waals surface area contributed by atoms with Crippen LogP contribution in [0.5, 0.6) is 0 Å². The maximum Gasteiger partial charge on any atom is 0.274 e. The first-order valence-electron chi connectivity index (χ1n) is 5.71. The van der Waals surface area contributed by atoms with Gasteiger partial charge in [0.25, 0.3) is 5.91 Å². The van der Waals surface area contributed by atoms with Crippen molar-refractivity contribution in [3.05, 3.63) is 57.3 Å². The Balaban J connectivity index is 2.26. The zero-order chi connectivity index (χ0) is 15.4. The molecule has 0 unspecified atom stereocenters. The van der Waals surface area contributed by atoms with E-state index >= 15 is 0 Å². The van der Waals surface area contributed by atoms with Crippen LogP contribution in [0.3, 0.4) is 0 Å². The molecular formula is C13H10BrClN4O2. The van der Waals surface area contributed by atoms with Crippen LogP contribution in [-0.2, 0) is 0 Å². The number of nitrogens with one attached hydrogen (secondary N) is 1. The molecule has 0 aliphatic heterocycles. The summed E-state index contributed by atoms with van der Waals surface area (Å²) < 4.78 is 0.769. The van der Waals surface area contributed by atoms with E-state index in [0.717, 1.165) is 4.47 Å². The van der Waals surface area contributed by atoms with Crippen LogP contribution in [-0.4, -0.2) is 21.9 Å². The van der Waals surface area contributed by atoms with Crippen LogP contribution in [0, 0.1) is 0 Å². The highest BCUT2D eigenvalue weighted by atomic mass is 79.9. The summed E-state index contributed by atoms with van der Waals surface area (Å²) in [5, 5.41) is 14.5. The van der Waals surface area contributed by atoms with Gasteiger partial charge in [0.1, 0.15) is 5.69 Å². The van der Waals surface area contributed by atoms with Crippen LogP contribution < -0.4 is 11.1 Å². The predicted octanol–water partition coefficient (Wildman–Crippen LogP) is 2.84. The lowest BCUT2D eigenvalue weighted by Crippen LogP contribution is -2.16. The largest absolute Gasteiger partial charge is 0.409 e. The molecule has 0 aliphatic rings. The molecule has 8 heteroatoms. The fourth-order valence-corrected chi connectivity index (χ4v) is 1.93. The zero-order valence-corrected chi connectivity index (χ0v) is 12.9. The summed E-state index contributed by atoms with van der Waals surface area (Å²) in [5.74, 6) is -0.495. The third-order valence-corrected chi connectivity index (χ3v) is 3.38. The molecule has 0 bridgehead atoms. The van der Waals surface area contributed by atoms with Crippen molar-refractivity contribution in [1.29, 1.82) is 0 Å². The highest BCUT2D eigenvalue weighted by Crippen LogP contribution is 2.23. The molecule has 21 heavy (non-hydrogen) atoms. The van der Waals surface area contributed by atoms with E-state index in [4.69, 9.17) is 22.5 Å². The number of nitrogens with two attached hydrogens (primary N) is 1. The quantitative estimate of drug-likeness (QED) is 0.335. The topological polar surface area (TPSA) is 101 Å². The predicted molar refractivity (Wildman–Crippen MR) is 83.9 cm³/mol. The standard InChI is InChI=1S/C13H10BrClN4O2/c14-8-2-4-10(17-6-8)13(20)18-11-5-7(12(16)19-21)1-3-9(11)15/h1-6,21H,(H2,16,19)(H,18,20). The Bertz CT molecular complexity index is 704. The van der Waals surface area contributed by atoms with Crippen molar-refractivity contribution in [3.63, 3.8) is 0 Å². The molecule has 0 aliphatic carbocycles. The van der Waals surface area contributed by atoms with Crippen molar-refractivity contribution in [2.75, 3.05) is 5.32 Å². The summed E-state index contributed by atoms with van der Waals surface area (Å²) in [6.07, 6.45) is 1.52. The van der Waals surface area contributed by atoms with Crippen LogP contribution >= 0.6 is 27.5 Å². The Morgan fingerprint density at radius 1 is 1.38 bits per heavy atom. The van der Waals surface area contributed by atoms with Crippen LogP contribution in [0.15, 0.2) is 46.2 Å². The molecule has 1 aromatic heterocycles. The normalized spacial score (nSPS) is 11.2. The number of hydrogen-bond acceptors (Lipinski definition) is 4. The van der Waals surface area contributed by atoms with Crippen molar-refractivity contribution in [1.82, 2.24) is 4.98 Å². The van der Waals surface area contributed by atoms with Gasteiger partial charge in [-0.05, 0) is 46.3 Å². The van der Waals surface area contributed by atoms with E-state index in [0.29, 0.717) is 16.3 Å². The fraction of sp³-hybridized carbons (Fsp3) is 0. The van der Waals surface area contributed by atoms with Gasteiger partial charge in [0.15, 0.2) is 5.84 Å². The second kappa shape index (κ2) is 6.55. The summed E-state index contributed by atoms with van der Waals surface area (Å²) in [5.41, 5.74) is 6.51. The number of carbonyl (C=O) groups excluding carboxylic acids is 1. The van der Waals surface area contributed by atoms with E-state index in [-0.39, 0.29) is 11.5 Å². The monoisotopic (exact) mass is 368 g/mol. The van der Waals surface area contributed by atoms with Gasteiger partial charge < -0.3 is 16.3 Å². The number of nitrogens with zero attached hydrogens (tertiary/aromatic N) is 2. The van der Waals surface area contributed by atoms with Crippen molar-refractivity contribution in [2.45, 2.75) is 0 Å². The first-order valence-corrected chi connectivity index (χ1v) is 6.88. The third kappa shape index (κ3) is 3.71. The van der Waals surface area contributed by atoms with Crippen LogP contribution in [0.4, 0.5) is 5.69 Å². The van der Waals surface area contributed by atoms with E-state index in [1.54, 1.807) is 24.3 Å². The van der Waals surface area contributed by atoms with E-state index < -0.39 is 5.91 Å². The number of amidine groups is 1. The van der Waals surface area contributed by atoms with Crippen molar-refractivity contribution < 1.29 is 10.0 Å². The molecule has 1 amide bonds. The van der Waals surface area contributed by atoms with E-state index in [2.05, 4.69) is 31.4 Å². The summed E-state index contributed by atoms with van der Waals surface area (Å²) >= 11 is 9.26. The Hall–Kier alpha value is -2.12. The van der Waals surface area contributed by atoms with Gasteiger partial charge in [0, 0.05) is 16.2 Å². The minimum atomic E-state index is -0.416. The zero-order valence-electron chi connectivity index (χ0n) is 10.5. The number of halogens is 2. The van der Waals surface area contributed by atoms with Gasteiger partial charge >= 0.3 is 0 Å². The number of carbonyl (C=O) groups is 1. The number of benzene rings is 1. The third-order valence-electron chi connectivity index (χ3n) is 2.58. The summed E-state index contributed by atoms with van der Waals surface area (Å²) in [4.78, 5) is 16.1. The summed E-state index contributed by atoms with van der Waals surface area (Å²) in [6, 6.07) is 7.90. The molecule has 108 valence electrons. The van der Waals surface area contributed by atoms with E-state index in [1.165, 1.54) is 12.3 Å². The molecule has 6 nitrogen and oxygen atoms in total. The molecule has 0 saturated carbocycles. The van der Waals surface area contributed by atoms with Crippen LogP contribution in [0.2, 0.25) is 5.02 Å². The number of anilines is 1. The number of aromatic nitrogens is 1. The van der Waals surface area contributed by atoms with Crippen molar-refractivity contribution >= 4 is 45.0 Å². The van der Waals surface area contributed by atoms with Crippen LogP contribution in [0.1, 0.15) is 16.1 Å². The average Bonchev–Trinajstić information content (AvgIpc) is 2.49. The second-order valence-electron chi connectivity index (χ2n) is 4.00. The van der Waals surface area contributed by atoms with E-state index in [1.807, 2.05) is 0 Å². The molecule has 0 spiro atoms. The number of amides is 1. The number of hydrogen-bond donors (Lipinski definition) is 3. The van der Waals surface area contributed by atoms with Gasteiger partial charge in [-0.15, -0.1) is 0 Å². The maximum absolute atomic E-state index is 12.1. The minimum Gasteiger partial charge on any atom is -0.409 e. The van der Waals surface area contributed by atoms with Crippen LogP contribution in [0.25, 0.3) is 0 Å². The van der Waals surface area contributed by atoms with Gasteiger partial charge in [-0.3, -0.25) is 4.79 Å². The van der Waals surface area contributed by atoms with Gasteiger partial charge in [0.05, 0.1) is 10.7 Å². The number of pyridine rings is 1. The Kier molecular flexibility index (Phi) is 4.77. The molecule has 1 aromatic carbocycles. The molecular weight excluding hydrogens is 360 g/mol. The van der Waals surface area contributed by atoms with Crippen molar-refractivity contribution in [2.24, 2.45) is 10.9 Å². The molecule has 0 atom stereocenters. The minimum absolute atomic E-state index is 0.0797. The number of oxime groups is 1. The SMILES string of the molecule is N/C(=N/O)c1ccc(Cl)c(NC(=O)c2ccc(Br)cn2)c1. The molecule has 4 N–H and O–H groups in total. The van der Waals surface area contributed by atoms with E-state index in [9.17, 15) is 4.79 Å². The maximum atomic E-state index is 12.1. The van der Waals surface area contributed by atoms with Gasteiger partial charge in [0.2, 0.25) is 0 Å². The Morgan fingerprint density at radius 3 is 2.76 bits per heavy atom. The molecule has 0 fully saturated rings. The van der Waals surface area contributed by atoms with Gasteiger partial charge in [-0.25, -0.2) is 4.98 Å². The second-order valence-corrected chi connectivity index (χ2v) is 5.32. The van der Waals surface area contributed by atoms with Crippen molar-refractivity contribution in [3.8, 4) is 0 Å². The fourth-order valence-electron chi connectivity index (χ4n) is 1.53. The number of rotatable bonds is 3. The Morgan fingerprint density at radius 2 is 2.14 bits per heavy atom. The first-order chi connectivity index (χ1) is 10.0. The highest BCUT2D eigenvalue weighted by Gasteiger charge is 2.11. The lowest BCUT2D eigenvalue weighted by molar-refractivity contribution is 0.102. The van der Waals surface area contributed by atoms with Gasteiger partial charge in [-0.2, -0.15) is 0 Å². The summed E-state index contributed by atoms with van der Waals surface area (Å²) in [6.45, 7) is 0. The Labute approximate surface area is 133 Å². The van der Waals surface area contributed by atoms with Gasteiger partial charge in [-0.1, -0.05) is 16.8 Å². The summed E-state index contributed by atoms with van der Waals surface area (Å²) in [7, 11) is 0. The molecule has 1 heterocycles. The molecule has 2 aromatic rings. The smallest absolute Gasteiger partial charge is 0.274 e. The molecule has 0 radical (unpaired) electrons. The average molecular weight is 370 g/mol. The highest BCUT2D eigenvalue weighted by molar-refractivity contribution is 9.10. The first kappa shape index (κ1) is 15.3. The molecule has 2 rings (SSSR count). The molecule has 0 saturated heterocycles.